The van der Waals surface area contributed by atoms with Crippen LogP contribution in [0.1, 0.15) is 72.1 Å². The Kier molecular flexibility index (Phi) is 12.9. The fourth-order valence-electron chi connectivity index (χ4n) is 1.77. The Morgan fingerprint density at radius 3 is 1.87 bits per heavy atom. The van der Waals surface area contributed by atoms with E-state index in [4.69, 9.17) is 0 Å². The van der Waals surface area contributed by atoms with Crippen LogP contribution in [0.15, 0.2) is 0 Å². The zero-order chi connectivity index (χ0) is 11.4. The molecule has 0 saturated carbocycles. The van der Waals surface area contributed by atoms with E-state index in [1.807, 2.05) is 0 Å². The van der Waals surface area contributed by atoms with Crippen molar-refractivity contribution in [1.29, 1.82) is 0 Å². The quantitative estimate of drug-likeness (QED) is 0.326. The first-order chi connectivity index (χ1) is 7.27. The van der Waals surface area contributed by atoms with E-state index < -0.39 is 0 Å². The molecule has 0 saturated heterocycles. The molecule has 0 aromatic carbocycles. The zero-order valence-electron chi connectivity index (χ0n) is 11.1. The first kappa shape index (κ1) is 15.4. The van der Waals surface area contributed by atoms with Crippen LogP contribution in [-0.4, -0.2) is 12.3 Å². The molecule has 0 aliphatic carbocycles. The zero-order valence-corrected chi connectivity index (χ0v) is 12.1. The molecule has 0 fully saturated rings. The van der Waals surface area contributed by atoms with Gasteiger partial charge in [0.25, 0.3) is 0 Å². The average molecular weight is 230 g/mol. The van der Waals surface area contributed by atoms with Gasteiger partial charge >= 0.3 is 0 Å². The lowest BCUT2D eigenvalue weighted by Gasteiger charge is -2.04. The fourth-order valence-corrected chi connectivity index (χ4v) is 3.06. The maximum Gasteiger partial charge on any atom is -0.0330 e. The lowest BCUT2D eigenvalue weighted by atomic mass is 10.1. The van der Waals surface area contributed by atoms with Crippen LogP contribution in [0.4, 0.5) is 0 Å². The number of hydrogen-bond acceptors (Lipinski definition) is 0. The predicted molar refractivity (Wildman–Crippen MR) is 75.5 cm³/mol. The summed E-state index contributed by atoms with van der Waals surface area (Å²) in [7, 11) is 1.22. The minimum absolute atomic E-state index is 0.914. The van der Waals surface area contributed by atoms with Gasteiger partial charge in [0.15, 0.2) is 0 Å². The van der Waals surface area contributed by atoms with Crippen molar-refractivity contribution in [3.63, 3.8) is 0 Å². The van der Waals surface area contributed by atoms with Gasteiger partial charge in [0.1, 0.15) is 0 Å². The van der Waals surface area contributed by atoms with Crippen LogP contribution >= 0.6 is 8.58 Å². The predicted octanol–water partition coefficient (Wildman–Crippen LogP) is 5.46. The molecular weight excluding hydrogens is 199 g/mol. The minimum Gasteiger partial charge on any atom is -0.122 e. The first-order valence-corrected chi connectivity index (χ1v) is 8.39. The van der Waals surface area contributed by atoms with Gasteiger partial charge in [-0.1, -0.05) is 65.7 Å². The molecule has 0 aliphatic rings. The highest BCUT2D eigenvalue weighted by atomic mass is 31.1. The molecular formula is C14H31P. The van der Waals surface area contributed by atoms with Crippen LogP contribution in [0, 0.1) is 5.92 Å². The summed E-state index contributed by atoms with van der Waals surface area (Å²) < 4.78 is 0. The van der Waals surface area contributed by atoms with E-state index >= 15 is 0 Å². The second kappa shape index (κ2) is 12.5. The van der Waals surface area contributed by atoms with Crippen LogP contribution in [0.3, 0.4) is 0 Å². The molecule has 0 aliphatic heterocycles. The number of hydrogen-bond donors (Lipinski definition) is 0. The van der Waals surface area contributed by atoms with E-state index in [2.05, 4.69) is 20.8 Å². The number of unbranched alkanes of at least 4 members (excludes halogenated alkanes) is 7. The first-order valence-electron chi connectivity index (χ1n) is 6.98. The molecule has 0 spiro atoms. The molecule has 0 heterocycles. The smallest absolute Gasteiger partial charge is 0.0330 e. The summed E-state index contributed by atoms with van der Waals surface area (Å²) in [6, 6.07) is 0. The van der Waals surface area contributed by atoms with Crippen LogP contribution in [0.2, 0.25) is 0 Å². The van der Waals surface area contributed by atoms with Gasteiger partial charge in [-0.05, 0) is 24.7 Å². The summed E-state index contributed by atoms with van der Waals surface area (Å²) >= 11 is 0. The van der Waals surface area contributed by atoms with Crippen LogP contribution in [0.5, 0.6) is 0 Å². The molecule has 0 nitrogen and oxygen atoms in total. The van der Waals surface area contributed by atoms with E-state index in [-0.39, 0.29) is 0 Å². The summed E-state index contributed by atoms with van der Waals surface area (Å²) in [4.78, 5) is 0. The summed E-state index contributed by atoms with van der Waals surface area (Å²) in [6.45, 7) is 6.96. The van der Waals surface area contributed by atoms with Gasteiger partial charge in [0, 0.05) is 0 Å². The molecule has 0 amide bonds. The van der Waals surface area contributed by atoms with Crippen LogP contribution < -0.4 is 0 Å². The highest BCUT2D eigenvalue weighted by Crippen LogP contribution is 2.18. The Balaban J connectivity index is 2.87. The normalized spacial score (nSPS) is 12.0. The van der Waals surface area contributed by atoms with Crippen molar-refractivity contribution in [3.05, 3.63) is 0 Å². The van der Waals surface area contributed by atoms with Crippen LogP contribution in [0.25, 0.3) is 0 Å². The average Bonchev–Trinajstić information content (AvgIpc) is 2.20. The maximum atomic E-state index is 2.33. The molecule has 1 unspecified atom stereocenters. The molecule has 0 aromatic heterocycles. The van der Waals surface area contributed by atoms with Gasteiger partial charge in [0.2, 0.25) is 0 Å². The van der Waals surface area contributed by atoms with Crippen molar-refractivity contribution in [2.75, 3.05) is 12.3 Å². The Bertz CT molecular complexity index is 110. The fraction of sp³-hybridized carbons (Fsp3) is 1.00. The Morgan fingerprint density at radius 1 is 0.800 bits per heavy atom. The Labute approximate surface area is 99.4 Å². The van der Waals surface area contributed by atoms with E-state index in [0.29, 0.717) is 0 Å². The highest BCUT2D eigenvalue weighted by Gasteiger charge is 1.94. The van der Waals surface area contributed by atoms with Crippen molar-refractivity contribution in [2.24, 2.45) is 5.92 Å². The van der Waals surface area contributed by atoms with Crippen molar-refractivity contribution in [1.82, 2.24) is 0 Å². The molecule has 1 heteroatoms. The monoisotopic (exact) mass is 230 g/mol. The van der Waals surface area contributed by atoms with Crippen molar-refractivity contribution in [2.45, 2.75) is 72.1 Å². The highest BCUT2D eigenvalue weighted by molar-refractivity contribution is 7.37. The van der Waals surface area contributed by atoms with E-state index in [0.717, 1.165) is 5.92 Å². The standard InChI is InChI=1S/C14H31P/c1-4-5-6-7-8-9-10-11-12-15-13-14(2)3/h14-15H,4-13H2,1-3H3. The minimum atomic E-state index is 0.914. The molecule has 0 aromatic rings. The molecule has 92 valence electrons. The Morgan fingerprint density at radius 2 is 1.33 bits per heavy atom. The third kappa shape index (κ3) is 14.4. The second-order valence-electron chi connectivity index (χ2n) is 5.07. The lowest BCUT2D eigenvalue weighted by Crippen LogP contribution is -1.90. The van der Waals surface area contributed by atoms with Crippen molar-refractivity contribution < 1.29 is 0 Å². The summed E-state index contributed by atoms with van der Waals surface area (Å²) in [6.07, 6.45) is 14.6. The van der Waals surface area contributed by atoms with E-state index in [1.165, 1.54) is 72.3 Å². The van der Waals surface area contributed by atoms with Crippen LogP contribution in [-0.2, 0) is 0 Å². The lowest BCUT2D eigenvalue weighted by molar-refractivity contribution is 0.586. The van der Waals surface area contributed by atoms with Crippen molar-refractivity contribution >= 4 is 8.58 Å². The van der Waals surface area contributed by atoms with E-state index in [1.54, 1.807) is 0 Å². The second-order valence-corrected chi connectivity index (χ2v) is 6.48. The van der Waals surface area contributed by atoms with Gasteiger partial charge in [-0.2, -0.15) is 0 Å². The summed E-state index contributed by atoms with van der Waals surface area (Å²) in [5.41, 5.74) is 0. The molecule has 0 bridgehead atoms. The van der Waals surface area contributed by atoms with Gasteiger partial charge in [0.05, 0.1) is 0 Å². The van der Waals surface area contributed by atoms with Gasteiger partial charge in [-0.3, -0.25) is 0 Å². The van der Waals surface area contributed by atoms with Crippen molar-refractivity contribution in [3.8, 4) is 0 Å². The third-order valence-electron chi connectivity index (χ3n) is 2.76. The van der Waals surface area contributed by atoms with E-state index in [9.17, 15) is 0 Å². The topological polar surface area (TPSA) is 0 Å². The SMILES string of the molecule is CCCCCCCCCCPCC(C)C. The Hall–Kier alpha value is 0.430. The summed E-state index contributed by atoms with van der Waals surface area (Å²) in [5, 5.41) is 0. The van der Waals surface area contributed by atoms with Gasteiger partial charge in [-0.25, -0.2) is 0 Å². The molecule has 0 radical (unpaired) electrons. The maximum absolute atomic E-state index is 2.33. The molecule has 15 heavy (non-hydrogen) atoms. The summed E-state index contributed by atoms with van der Waals surface area (Å²) in [5.74, 6) is 0.914. The molecule has 1 atom stereocenters. The van der Waals surface area contributed by atoms with Gasteiger partial charge in [-0.15, -0.1) is 8.58 Å². The third-order valence-corrected chi connectivity index (χ3v) is 4.57. The number of rotatable bonds is 11. The molecule has 0 rings (SSSR count). The largest absolute Gasteiger partial charge is 0.122 e. The molecule has 0 N–H and O–H groups in total. The van der Waals surface area contributed by atoms with Gasteiger partial charge < -0.3 is 0 Å².